The summed E-state index contributed by atoms with van der Waals surface area (Å²) in [7, 11) is 0. The van der Waals surface area contributed by atoms with Gasteiger partial charge in [-0.15, -0.1) is 0 Å². The Hall–Kier alpha value is -1.52. The number of halogens is 2. The van der Waals surface area contributed by atoms with Gasteiger partial charge in [-0.05, 0) is 30.5 Å². The first-order valence-electron chi connectivity index (χ1n) is 6.47. The molecule has 0 saturated carbocycles. The average molecular weight is 329 g/mol. The van der Waals surface area contributed by atoms with Crippen LogP contribution >= 0.6 is 23.2 Å². The van der Waals surface area contributed by atoms with Crippen LogP contribution in [0.1, 0.15) is 18.4 Å². The van der Waals surface area contributed by atoms with E-state index in [1.807, 2.05) is 6.08 Å². The zero-order valence-electron chi connectivity index (χ0n) is 11.1. The molecular weight excluding hydrogens is 315 g/mol. The summed E-state index contributed by atoms with van der Waals surface area (Å²) in [6, 6.07) is 4.94. The van der Waals surface area contributed by atoms with Gasteiger partial charge in [-0.1, -0.05) is 41.4 Å². The van der Waals surface area contributed by atoms with E-state index >= 15 is 0 Å². The molecule has 0 unspecified atom stereocenters. The Morgan fingerprint density at radius 2 is 1.81 bits per heavy atom. The highest BCUT2D eigenvalue weighted by Crippen LogP contribution is 2.28. The molecule has 0 radical (unpaired) electrons. The van der Waals surface area contributed by atoms with Crippen LogP contribution in [-0.4, -0.2) is 17.0 Å². The van der Waals surface area contributed by atoms with Crippen molar-refractivity contribution in [3.8, 4) is 0 Å². The molecule has 2 atom stereocenters. The first kappa shape index (κ1) is 15.9. The van der Waals surface area contributed by atoms with Crippen molar-refractivity contribution in [2.75, 3.05) is 0 Å². The van der Waals surface area contributed by atoms with E-state index < -0.39 is 23.8 Å². The summed E-state index contributed by atoms with van der Waals surface area (Å²) < 4.78 is 5.20. The molecule has 0 saturated heterocycles. The summed E-state index contributed by atoms with van der Waals surface area (Å²) in [5, 5.41) is 9.95. The second-order valence-corrected chi connectivity index (χ2v) is 5.66. The molecule has 6 heteroatoms. The first-order chi connectivity index (χ1) is 9.99. The smallest absolute Gasteiger partial charge is 0.310 e. The van der Waals surface area contributed by atoms with Crippen LogP contribution in [0, 0.1) is 11.8 Å². The van der Waals surface area contributed by atoms with E-state index in [2.05, 4.69) is 0 Å². The lowest BCUT2D eigenvalue weighted by Crippen LogP contribution is -2.32. The van der Waals surface area contributed by atoms with Gasteiger partial charge in [0.25, 0.3) is 0 Å². The summed E-state index contributed by atoms with van der Waals surface area (Å²) in [6.07, 6.45) is 4.32. The molecule has 0 aromatic heterocycles. The summed E-state index contributed by atoms with van der Waals surface area (Å²) in [5.74, 6) is -2.85. The van der Waals surface area contributed by atoms with Gasteiger partial charge in [0.2, 0.25) is 0 Å². The lowest BCUT2D eigenvalue weighted by atomic mass is 9.83. The molecule has 0 aliphatic heterocycles. The number of carbonyl (C=O) groups is 2. The van der Waals surface area contributed by atoms with Gasteiger partial charge in [0.1, 0.15) is 6.61 Å². The van der Waals surface area contributed by atoms with Crippen molar-refractivity contribution < 1.29 is 19.4 Å². The number of carboxylic acid groups (broad SMARTS) is 1. The van der Waals surface area contributed by atoms with Crippen LogP contribution in [0.5, 0.6) is 0 Å². The van der Waals surface area contributed by atoms with Crippen LogP contribution in [0.15, 0.2) is 30.4 Å². The maximum atomic E-state index is 12.1. The number of esters is 1. The maximum absolute atomic E-state index is 12.1. The molecule has 1 aromatic rings. The highest BCUT2D eigenvalue weighted by molar-refractivity contribution is 6.42. The number of allylic oxidation sites excluding steroid dienone is 2. The van der Waals surface area contributed by atoms with Crippen LogP contribution in [0.2, 0.25) is 10.0 Å². The van der Waals surface area contributed by atoms with E-state index in [1.54, 1.807) is 24.3 Å². The van der Waals surface area contributed by atoms with Crippen molar-refractivity contribution in [1.82, 2.24) is 0 Å². The van der Waals surface area contributed by atoms with Crippen LogP contribution in [0.25, 0.3) is 0 Å². The van der Waals surface area contributed by atoms with E-state index in [1.165, 1.54) is 0 Å². The summed E-state index contributed by atoms with van der Waals surface area (Å²) in [5.41, 5.74) is 0.705. The third-order valence-electron chi connectivity index (χ3n) is 3.42. The second kappa shape index (κ2) is 6.96. The molecule has 21 heavy (non-hydrogen) atoms. The zero-order chi connectivity index (χ0) is 15.4. The molecule has 1 aliphatic rings. The quantitative estimate of drug-likeness (QED) is 0.676. The average Bonchev–Trinajstić information content (AvgIpc) is 2.48. The van der Waals surface area contributed by atoms with Crippen molar-refractivity contribution in [1.29, 1.82) is 0 Å². The molecular formula is C15H14Cl2O4. The predicted octanol–water partition coefficient (Wildman–Crippen LogP) is 3.70. The normalized spacial score (nSPS) is 21.0. The van der Waals surface area contributed by atoms with Crippen LogP contribution < -0.4 is 0 Å². The maximum Gasteiger partial charge on any atom is 0.310 e. The van der Waals surface area contributed by atoms with Gasteiger partial charge < -0.3 is 9.84 Å². The molecule has 112 valence electrons. The van der Waals surface area contributed by atoms with E-state index in [0.29, 0.717) is 28.5 Å². The van der Waals surface area contributed by atoms with Gasteiger partial charge in [-0.2, -0.15) is 0 Å². The summed E-state index contributed by atoms with van der Waals surface area (Å²) in [6.45, 7) is 0.0439. The minimum Gasteiger partial charge on any atom is -0.481 e. The number of hydrogen-bond donors (Lipinski definition) is 1. The van der Waals surface area contributed by atoms with E-state index in [4.69, 9.17) is 33.0 Å². The van der Waals surface area contributed by atoms with Crippen molar-refractivity contribution >= 4 is 35.1 Å². The minimum absolute atomic E-state index is 0.0439. The Morgan fingerprint density at radius 3 is 2.43 bits per heavy atom. The van der Waals surface area contributed by atoms with Crippen molar-refractivity contribution in [2.45, 2.75) is 19.4 Å². The van der Waals surface area contributed by atoms with Crippen molar-refractivity contribution in [3.63, 3.8) is 0 Å². The largest absolute Gasteiger partial charge is 0.481 e. The summed E-state index contributed by atoms with van der Waals surface area (Å²) in [4.78, 5) is 23.2. The Bertz CT molecular complexity index is 583. The second-order valence-electron chi connectivity index (χ2n) is 4.85. The predicted molar refractivity (Wildman–Crippen MR) is 79.2 cm³/mol. The fraction of sp³-hybridized carbons (Fsp3) is 0.333. The Kier molecular flexibility index (Phi) is 5.26. The van der Waals surface area contributed by atoms with Gasteiger partial charge in [0.15, 0.2) is 0 Å². The fourth-order valence-corrected chi connectivity index (χ4v) is 2.56. The van der Waals surface area contributed by atoms with Crippen LogP contribution in [0.4, 0.5) is 0 Å². The Labute approximate surface area is 132 Å². The van der Waals surface area contributed by atoms with Gasteiger partial charge in [-0.3, -0.25) is 9.59 Å². The molecule has 1 aliphatic carbocycles. The van der Waals surface area contributed by atoms with Crippen molar-refractivity contribution in [3.05, 3.63) is 46.0 Å². The SMILES string of the molecule is O=C(O)[C@@H]1CC=CC[C@H]1C(=O)OCc1ccc(Cl)c(Cl)c1. The van der Waals surface area contributed by atoms with Crippen LogP contribution in [-0.2, 0) is 20.9 Å². The highest BCUT2D eigenvalue weighted by Gasteiger charge is 2.35. The lowest BCUT2D eigenvalue weighted by molar-refractivity contribution is -0.158. The number of rotatable bonds is 4. The summed E-state index contributed by atoms with van der Waals surface area (Å²) >= 11 is 11.7. The molecule has 1 aromatic carbocycles. The van der Waals surface area contributed by atoms with Gasteiger partial charge in [-0.25, -0.2) is 0 Å². The number of benzene rings is 1. The van der Waals surface area contributed by atoms with Gasteiger partial charge in [0.05, 0.1) is 21.9 Å². The Morgan fingerprint density at radius 1 is 1.14 bits per heavy atom. The third kappa shape index (κ3) is 3.99. The minimum atomic E-state index is -0.976. The lowest BCUT2D eigenvalue weighted by Gasteiger charge is -2.23. The number of carbonyl (C=O) groups excluding carboxylic acids is 1. The van der Waals surface area contributed by atoms with E-state index in [-0.39, 0.29) is 6.61 Å². The number of aliphatic carboxylic acids is 1. The molecule has 0 spiro atoms. The highest BCUT2D eigenvalue weighted by atomic mass is 35.5. The molecule has 0 heterocycles. The fourth-order valence-electron chi connectivity index (χ4n) is 2.24. The van der Waals surface area contributed by atoms with E-state index in [0.717, 1.165) is 0 Å². The third-order valence-corrected chi connectivity index (χ3v) is 4.16. The molecule has 0 fully saturated rings. The number of ether oxygens (including phenoxy) is 1. The standard InChI is InChI=1S/C15H14Cl2O4/c16-12-6-5-9(7-13(12)17)8-21-15(20)11-4-2-1-3-10(11)14(18)19/h1-2,5-7,10-11H,3-4,8H2,(H,18,19)/t10-,11-/m1/s1. The van der Waals surface area contributed by atoms with Gasteiger partial charge in [0, 0.05) is 0 Å². The number of hydrogen-bond acceptors (Lipinski definition) is 3. The molecule has 2 rings (SSSR count). The Balaban J connectivity index is 1.99. The molecule has 0 bridgehead atoms. The molecule has 1 N–H and O–H groups in total. The molecule has 4 nitrogen and oxygen atoms in total. The first-order valence-corrected chi connectivity index (χ1v) is 7.23. The van der Waals surface area contributed by atoms with E-state index in [9.17, 15) is 9.59 Å². The van der Waals surface area contributed by atoms with Crippen molar-refractivity contribution in [2.24, 2.45) is 11.8 Å². The topological polar surface area (TPSA) is 63.6 Å². The zero-order valence-corrected chi connectivity index (χ0v) is 12.6. The van der Waals surface area contributed by atoms with Crippen LogP contribution in [0.3, 0.4) is 0 Å². The monoisotopic (exact) mass is 328 g/mol. The number of carboxylic acids is 1. The molecule has 0 amide bonds. The van der Waals surface area contributed by atoms with Gasteiger partial charge >= 0.3 is 11.9 Å².